The molecule has 1 aliphatic heterocycles. The molecule has 3 N–H and O–H groups in total. The Kier molecular flexibility index (Phi) is 4.70. The van der Waals surface area contributed by atoms with Gasteiger partial charge in [0.05, 0.1) is 0 Å². The molecule has 0 spiro atoms. The average molecular weight is 185 g/mol. The molecule has 0 aromatic rings. The molecule has 13 heavy (non-hydrogen) atoms. The maximum atomic E-state index is 5.82. The molecule has 0 aromatic carbocycles. The maximum absolute atomic E-state index is 5.82. The van der Waals surface area contributed by atoms with Gasteiger partial charge in [-0.05, 0) is 39.4 Å². The molecule has 1 rings (SSSR count). The molecule has 0 aliphatic carbocycles. The van der Waals surface area contributed by atoms with Crippen LogP contribution in [0.1, 0.15) is 26.7 Å². The van der Waals surface area contributed by atoms with Gasteiger partial charge < -0.3 is 11.1 Å². The predicted molar refractivity (Wildman–Crippen MR) is 56.8 cm³/mol. The smallest absolute Gasteiger partial charge is 0.0139 e. The summed E-state index contributed by atoms with van der Waals surface area (Å²) in [5.74, 6) is 0. The van der Waals surface area contributed by atoms with Crippen LogP contribution in [-0.4, -0.2) is 43.2 Å². The van der Waals surface area contributed by atoms with E-state index in [1.165, 1.54) is 25.9 Å². The number of piperidine rings is 1. The first kappa shape index (κ1) is 11.0. The minimum Gasteiger partial charge on any atom is -0.327 e. The summed E-state index contributed by atoms with van der Waals surface area (Å²) in [7, 11) is 0. The molecule has 1 aliphatic rings. The molecule has 0 amide bonds. The minimum atomic E-state index is 0.301. The lowest BCUT2D eigenvalue weighted by atomic mass is 10.0. The van der Waals surface area contributed by atoms with Gasteiger partial charge in [-0.25, -0.2) is 0 Å². The van der Waals surface area contributed by atoms with Crippen molar-refractivity contribution in [3.05, 3.63) is 0 Å². The monoisotopic (exact) mass is 185 g/mol. The Bertz CT molecular complexity index is 130. The Balaban J connectivity index is 2.34. The summed E-state index contributed by atoms with van der Waals surface area (Å²) in [5, 5.41) is 3.39. The van der Waals surface area contributed by atoms with E-state index in [1.807, 2.05) is 0 Å². The zero-order chi connectivity index (χ0) is 9.68. The second kappa shape index (κ2) is 5.58. The van der Waals surface area contributed by atoms with E-state index in [0.717, 1.165) is 19.1 Å². The highest BCUT2D eigenvalue weighted by molar-refractivity contribution is 4.78. The molecule has 1 unspecified atom stereocenters. The first-order chi connectivity index (χ1) is 6.24. The Morgan fingerprint density at radius 3 is 2.54 bits per heavy atom. The van der Waals surface area contributed by atoms with Gasteiger partial charge >= 0.3 is 0 Å². The van der Waals surface area contributed by atoms with Gasteiger partial charge in [-0.1, -0.05) is 6.92 Å². The lowest BCUT2D eigenvalue weighted by Gasteiger charge is -2.34. The van der Waals surface area contributed by atoms with Crippen molar-refractivity contribution in [2.24, 2.45) is 5.73 Å². The largest absolute Gasteiger partial charge is 0.327 e. The fourth-order valence-electron chi connectivity index (χ4n) is 2.08. The Labute approximate surface area is 81.7 Å². The third-order valence-corrected chi connectivity index (χ3v) is 2.75. The van der Waals surface area contributed by atoms with E-state index in [2.05, 4.69) is 24.1 Å². The molecular formula is C10H23N3. The van der Waals surface area contributed by atoms with Crippen molar-refractivity contribution < 1.29 is 0 Å². The summed E-state index contributed by atoms with van der Waals surface area (Å²) >= 11 is 0. The van der Waals surface area contributed by atoms with Gasteiger partial charge in [-0.15, -0.1) is 0 Å². The van der Waals surface area contributed by atoms with Crippen LogP contribution in [0.5, 0.6) is 0 Å². The summed E-state index contributed by atoms with van der Waals surface area (Å²) in [6.45, 7) is 8.82. The second-order valence-corrected chi connectivity index (χ2v) is 4.05. The minimum absolute atomic E-state index is 0.301. The number of likely N-dealkylation sites (N-methyl/N-ethyl adjacent to an activating group) is 1. The SMILES string of the molecule is CCN(CC(C)N)C1CCNCC1. The van der Waals surface area contributed by atoms with E-state index in [-0.39, 0.29) is 0 Å². The van der Waals surface area contributed by atoms with E-state index in [1.54, 1.807) is 0 Å². The molecule has 1 saturated heterocycles. The summed E-state index contributed by atoms with van der Waals surface area (Å²) in [6.07, 6.45) is 2.56. The second-order valence-electron chi connectivity index (χ2n) is 4.05. The first-order valence-electron chi connectivity index (χ1n) is 5.44. The van der Waals surface area contributed by atoms with Gasteiger partial charge in [0.1, 0.15) is 0 Å². The van der Waals surface area contributed by atoms with E-state index in [9.17, 15) is 0 Å². The van der Waals surface area contributed by atoms with Crippen LogP contribution >= 0.6 is 0 Å². The van der Waals surface area contributed by atoms with Crippen molar-refractivity contribution in [1.82, 2.24) is 10.2 Å². The lowest BCUT2D eigenvalue weighted by Crippen LogP contribution is -2.46. The molecular weight excluding hydrogens is 162 g/mol. The van der Waals surface area contributed by atoms with E-state index >= 15 is 0 Å². The third-order valence-electron chi connectivity index (χ3n) is 2.75. The average Bonchev–Trinajstić information content (AvgIpc) is 2.15. The highest BCUT2D eigenvalue weighted by Crippen LogP contribution is 2.11. The topological polar surface area (TPSA) is 41.3 Å². The summed E-state index contributed by atoms with van der Waals surface area (Å²) in [6, 6.07) is 1.06. The fourth-order valence-corrected chi connectivity index (χ4v) is 2.08. The summed E-state index contributed by atoms with van der Waals surface area (Å²) in [4.78, 5) is 2.52. The zero-order valence-corrected chi connectivity index (χ0v) is 8.92. The Morgan fingerprint density at radius 1 is 1.46 bits per heavy atom. The normalized spacial score (nSPS) is 22.2. The standard InChI is InChI=1S/C10H23N3/c1-3-13(8-9(2)11)10-4-6-12-7-5-10/h9-10,12H,3-8,11H2,1-2H3. The number of nitrogens with one attached hydrogen (secondary N) is 1. The van der Waals surface area contributed by atoms with Gasteiger partial charge in [-0.2, -0.15) is 0 Å². The van der Waals surface area contributed by atoms with Crippen LogP contribution in [0.2, 0.25) is 0 Å². The summed E-state index contributed by atoms with van der Waals surface area (Å²) < 4.78 is 0. The predicted octanol–water partition coefficient (Wildman–Crippen LogP) is 0.408. The lowest BCUT2D eigenvalue weighted by molar-refractivity contribution is 0.163. The van der Waals surface area contributed by atoms with E-state index in [4.69, 9.17) is 5.73 Å². The van der Waals surface area contributed by atoms with Crippen LogP contribution in [0.4, 0.5) is 0 Å². The van der Waals surface area contributed by atoms with Crippen molar-refractivity contribution in [1.29, 1.82) is 0 Å². The van der Waals surface area contributed by atoms with Gasteiger partial charge in [0.15, 0.2) is 0 Å². The first-order valence-corrected chi connectivity index (χ1v) is 5.44. The van der Waals surface area contributed by atoms with Gasteiger partial charge in [0.25, 0.3) is 0 Å². The van der Waals surface area contributed by atoms with Crippen molar-refractivity contribution in [2.75, 3.05) is 26.2 Å². The van der Waals surface area contributed by atoms with Crippen LogP contribution in [0.15, 0.2) is 0 Å². The highest BCUT2D eigenvalue weighted by Gasteiger charge is 2.19. The van der Waals surface area contributed by atoms with Gasteiger partial charge in [0.2, 0.25) is 0 Å². The van der Waals surface area contributed by atoms with Crippen LogP contribution in [0.3, 0.4) is 0 Å². The van der Waals surface area contributed by atoms with Crippen LogP contribution < -0.4 is 11.1 Å². The van der Waals surface area contributed by atoms with Crippen LogP contribution in [0.25, 0.3) is 0 Å². The van der Waals surface area contributed by atoms with E-state index in [0.29, 0.717) is 6.04 Å². The molecule has 1 heterocycles. The maximum Gasteiger partial charge on any atom is 0.0139 e. The molecule has 0 bridgehead atoms. The number of hydrogen-bond donors (Lipinski definition) is 2. The quantitative estimate of drug-likeness (QED) is 0.666. The Hall–Kier alpha value is -0.120. The summed E-state index contributed by atoms with van der Waals surface area (Å²) in [5.41, 5.74) is 5.82. The molecule has 3 heteroatoms. The molecule has 0 aromatic heterocycles. The zero-order valence-electron chi connectivity index (χ0n) is 8.92. The molecule has 0 saturated carbocycles. The highest BCUT2D eigenvalue weighted by atomic mass is 15.2. The number of rotatable bonds is 4. The van der Waals surface area contributed by atoms with Gasteiger partial charge in [0, 0.05) is 18.6 Å². The number of nitrogens with two attached hydrogens (primary N) is 1. The van der Waals surface area contributed by atoms with Crippen LogP contribution in [-0.2, 0) is 0 Å². The number of hydrogen-bond acceptors (Lipinski definition) is 3. The molecule has 1 atom stereocenters. The van der Waals surface area contributed by atoms with E-state index < -0.39 is 0 Å². The molecule has 3 nitrogen and oxygen atoms in total. The van der Waals surface area contributed by atoms with Crippen molar-refractivity contribution in [2.45, 2.75) is 38.8 Å². The van der Waals surface area contributed by atoms with Crippen molar-refractivity contribution >= 4 is 0 Å². The molecule has 0 radical (unpaired) electrons. The van der Waals surface area contributed by atoms with Crippen molar-refractivity contribution in [3.8, 4) is 0 Å². The Morgan fingerprint density at radius 2 is 2.08 bits per heavy atom. The van der Waals surface area contributed by atoms with Crippen LogP contribution in [0, 0.1) is 0 Å². The molecule has 78 valence electrons. The number of nitrogens with zero attached hydrogens (tertiary/aromatic N) is 1. The van der Waals surface area contributed by atoms with Gasteiger partial charge in [-0.3, -0.25) is 4.90 Å². The fraction of sp³-hybridized carbons (Fsp3) is 1.00. The third kappa shape index (κ3) is 3.63. The van der Waals surface area contributed by atoms with Crippen molar-refractivity contribution in [3.63, 3.8) is 0 Å². The molecule has 1 fully saturated rings.